The lowest BCUT2D eigenvalue weighted by Gasteiger charge is -2.35. The van der Waals surface area contributed by atoms with Crippen LogP contribution in [0.1, 0.15) is 151 Å². The summed E-state index contributed by atoms with van der Waals surface area (Å²) >= 11 is 2.25. The standard InChI is InChI=1S/C22H19F3N6O3.C20H25N5O4.C15H17N5O2.C13H8F3NO2.C12H18IN3O2.C8H8N2O2.C7H10N2O.ClH/c1-12-9-31-18(10-29(12)21(32)28-13-6-14(23)20(25)15(24)7-13)17(8-27-31)30-11-19(34-22(30)33)16-4-2-3-5-26-16;1-13-10-25-16(11-23(13)19(27)29-20(2,3)4)15(9-22-25)24-12-17(28-18(24)26)14-7-5-6-8-21-14;1-10-8-20-13(6-17-10)12(7-18-20)19-9-14(22-15(19)21)11-4-2-3-5-16-11;14-10-6-8(7-11(15)12(10)16)17-13(18)19-9-4-2-1-3-5-9;1-8-6-16-10(9(13)5-14-16)7-15(8)11(17)18-12(2,3)4;11-8-10-5-7(12-8)6-3-1-2-4-9-6;8-5-7(10)6-3-1-2-4-9-6;/h2-8,12,19H,9-11H2,1H3,(H,28,32);5-9,13,17H,10-12H2,1-4H3;2-5,7,10,14,17H,6,8-9H2,1H3;1-7H,(H,17,18);5,8H,6-7H2,1-4H3;1-4,7H,5H2,(H,10,11);1-4,7,10H,5,8H2;1H/t12-,19?;13-,17?;10-,14?;;8-;;;/m000.0.../s1. The number of anilines is 5. The first-order valence-electron chi connectivity index (χ1n) is 45.6. The number of fused-ring (bicyclic) bond motifs is 4. The number of hydrogen-bond acceptors (Lipinski definition) is 27. The predicted octanol–water partition coefficient (Wildman–Crippen LogP) is 16.1. The Hall–Kier alpha value is -15.1. The Bertz CT molecular complexity index is 6460. The maximum Gasteiger partial charge on any atom is 0.417 e. The number of aliphatic hydroxyl groups is 1. The molecule has 145 heavy (non-hydrogen) atoms. The van der Waals surface area contributed by atoms with Gasteiger partial charge >= 0.3 is 48.7 Å². The van der Waals surface area contributed by atoms with Crippen molar-refractivity contribution in [3.05, 3.63) is 291 Å². The zero-order chi connectivity index (χ0) is 103. The van der Waals surface area contributed by atoms with Gasteiger partial charge in [-0.05, 0) is 165 Å². The number of pyridine rings is 5. The van der Waals surface area contributed by atoms with E-state index in [4.69, 9.17) is 44.0 Å². The van der Waals surface area contributed by atoms with Crippen LogP contribution in [0.15, 0.2) is 201 Å². The van der Waals surface area contributed by atoms with Crippen LogP contribution in [-0.4, -0.2) is 201 Å². The molecule has 4 fully saturated rings. The Labute approximate surface area is 847 Å². The summed E-state index contributed by atoms with van der Waals surface area (Å²) in [5.41, 5.74) is 12.7. The number of hydrogen-bond donors (Lipinski definition) is 6. The zero-order valence-corrected chi connectivity index (χ0v) is 83.1. The molecule has 40 nitrogen and oxygen atoms in total. The molecule has 7 N–H and O–H groups in total. The van der Waals surface area contributed by atoms with Crippen LogP contribution in [0.5, 0.6) is 5.75 Å². The maximum atomic E-state index is 13.5. The van der Waals surface area contributed by atoms with Gasteiger partial charge in [-0.2, -0.15) is 20.4 Å². The largest absolute Gasteiger partial charge is 0.444 e. The summed E-state index contributed by atoms with van der Waals surface area (Å²) in [6.45, 7) is 24.8. The molecule has 9 atom stereocenters. The molecular weight excluding hydrogens is 2030 g/mol. The van der Waals surface area contributed by atoms with Gasteiger partial charge in [-0.15, -0.1) is 12.4 Å². The molecule has 20 rings (SSSR count). The van der Waals surface area contributed by atoms with Crippen molar-refractivity contribution in [2.75, 3.05) is 58.1 Å². The van der Waals surface area contributed by atoms with Gasteiger partial charge in [0.2, 0.25) is 0 Å². The van der Waals surface area contributed by atoms with E-state index in [9.17, 15) is 64.7 Å². The number of aliphatic hydroxyl groups excluding tert-OH is 1. The summed E-state index contributed by atoms with van der Waals surface area (Å²) in [6, 6.07) is 37.7. The highest BCUT2D eigenvalue weighted by atomic mass is 127. The molecule has 0 bridgehead atoms. The highest BCUT2D eigenvalue weighted by molar-refractivity contribution is 14.1. The molecule has 48 heteroatoms. The van der Waals surface area contributed by atoms with E-state index >= 15 is 0 Å². The van der Waals surface area contributed by atoms with E-state index < -0.39 is 88.7 Å². The van der Waals surface area contributed by atoms with E-state index in [2.05, 4.69) is 96.1 Å². The molecule has 0 spiro atoms. The second kappa shape index (κ2) is 47.9. The fourth-order valence-electron chi connectivity index (χ4n) is 15.7. The average molecular weight is 2140 g/mol. The first-order chi connectivity index (χ1) is 68.8. The number of cyclic esters (lactones) is 4. The Balaban J connectivity index is 0.000000146. The third-order valence-electron chi connectivity index (χ3n) is 22.9. The van der Waals surface area contributed by atoms with Crippen LogP contribution in [0.4, 0.5) is 93.1 Å². The highest BCUT2D eigenvalue weighted by Gasteiger charge is 2.44. The number of benzene rings is 3. The molecule has 4 saturated heterocycles. The van der Waals surface area contributed by atoms with E-state index in [1.807, 2.05) is 136 Å². The number of para-hydroxylation sites is 1. The number of halogens is 8. The van der Waals surface area contributed by atoms with Crippen molar-refractivity contribution in [1.82, 2.24) is 89.4 Å². The summed E-state index contributed by atoms with van der Waals surface area (Å²) in [4.78, 5) is 127. The van der Waals surface area contributed by atoms with E-state index in [0.717, 1.165) is 50.8 Å². The van der Waals surface area contributed by atoms with Gasteiger partial charge in [-0.3, -0.25) is 73.5 Å². The monoisotopic (exact) mass is 2140 g/mol. The van der Waals surface area contributed by atoms with Crippen LogP contribution in [0.3, 0.4) is 0 Å². The average Bonchev–Trinajstić information content (AvgIpc) is 1.64. The van der Waals surface area contributed by atoms with Crippen molar-refractivity contribution < 1.29 is 103 Å². The van der Waals surface area contributed by atoms with Crippen molar-refractivity contribution in [1.29, 1.82) is 0 Å². The number of urea groups is 1. The minimum Gasteiger partial charge on any atom is -0.444 e. The summed E-state index contributed by atoms with van der Waals surface area (Å²) in [7, 11) is 0. The lowest BCUT2D eigenvalue weighted by atomic mass is 10.1. The van der Waals surface area contributed by atoms with E-state index in [1.165, 1.54) is 28.1 Å². The normalized spacial score (nSPS) is 19.1. The Morgan fingerprint density at radius 2 is 0.848 bits per heavy atom. The number of nitrogens with two attached hydrogens (primary N) is 1. The molecule has 766 valence electrons. The lowest BCUT2D eigenvalue weighted by molar-refractivity contribution is 0.00802. The van der Waals surface area contributed by atoms with Crippen molar-refractivity contribution in [2.45, 2.75) is 187 Å². The van der Waals surface area contributed by atoms with Crippen LogP contribution in [-0.2, 0) is 80.8 Å². The molecule has 12 aromatic rings. The van der Waals surface area contributed by atoms with Crippen LogP contribution in [0, 0.1) is 38.5 Å². The number of nitrogens with zero attached hydrogens (tertiary/aromatic N) is 19. The number of alkyl carbamates (subject to hydrolysis) is 1. The number of carbonyl (C=O) groups is 8. The van der Waals surface area contributed by atoms with Gasteiger partial charge in [0.05, 0.1) is 192 Å². The molecule has 5 unspecified atom stereocenters. The van der Waals surface area contributed by atoms with Crippen LogP contribution >= 0.6 is 35.0 Å². The van der Waals surface area contributed by atoms with Crippen molar-refractivity contribution >= 4 is 112 Å². The molecule has 0 aliphatic carbocycles. The summed E-state index contributed by atoms with van der Waals surface area (Å²) in [5.74, 6) is -8.54. The topological polar surface area (TPSA) is 451 Å². The summed E-state index contributed by atoms with van der Waals surface area (Å²) in [6.07, 6.45) is 9.64. The predicted molar refractivity (Wildman–Crippen MR) is 523 cm³/mol. The Morgan fingerprint density at radius 3 is 1.25 bits per heavy atom. The van der Waals surface area contributed by atoms with Crippen LogP contribution in [0.25, 0.3) is 0 Å². The van der Waals surface area contributed by atoms with Gasteiger partial charge in [0.25, 0.3) is 0 Å². The van der Waals surface area contributed by atoms with Gasteiger partial charge in [-0.25, -0.2) is 64.7 Å². The van der Waals surface area contributed by atoms with Gasteiger partial charge in [0.1, 0.15) is 23.1 Å². The first kappa shape index (κ1) is 107. The number of aromatic nitrogens is 13. The maximum absolute atomic E-state index is 13.5. The van der Waals surface area contributed by atoms with Crippen molar-refractivity contribution in [2.24, 2.45) is 5.73 Å². The quantitative estimate of drug-likeness (QED) is 0.0286. The fourth-order valence-corrected chi connectivity index (χ4v) is 16.3. The number of ether oxygens (including phenoxy) is 7. The highest BCUT2D eigenvalue weighted by Crippen LogP contribution is 2.39. The minimum atomic E-state index is -1.61. The number of rotatable bonds is 12. The minimum absolute atomic E-state index is 0. The second-order valence-corrected chi connectivity index (χ2v) is 36.9. The summed E-state index contributed by atoms with van der Waals surface area (Å²) in [5, 5.41) is 37.1. The lowest BCUT2D eigenvalue weighted by Crippen LogP contribution is -2.47. The second-order valence-electron chi connectivity index (χ2n) is 35.8. The first-order valence-corrected chi connectivity index (χ1v) is 46.7. The third kappa shape index (κ3) is 27.5. The molecule has 0 saturated carbocycles. The van der Waals surface area contributed by atoms with Crippen molar-refractivity contribution in [3.63, 3.8) is 0 Å². The molecule has 9 amide bonds. The number of nitrogens with one attached hydrogen (secondary N) is 4. The molecule has 8 aliphatic heterocycles. The smallest absolute Gasteiger partial charge is 0.417 e. The van der Waals surface area contributed by atoms with E-state index in [-0.39, 0.29) is 104 Å². The third-order valence-corrected chi connectivity index (χ3v) is 23.8. The molecule has 17 heterocycles. The van der Waals surface area contributed by atoms with Crippen LogP contribution < -0.4 is 46.4 Å². The Kier molecular flexibility index (Phi) is 35.4. The van der Waals surface area contributed by atoms with Crippen LogP contribution in [0.2, 0.25) is 0 Å². The molecule has 0 radical (unpaired) electrons. The van der Waals surface area contributed by atoms with Gasteiger partial charge in [-0.1, -0.05) is 48.5 Å². The number of amides is 9. The van der Waals surface area contributed by atoms with Crippen molar-refractivity contribution in [3.8, 4) is 5.75 Å². The molecule has 8 aliphatic rings. The zero-order valence-electron chi connectivity index (χ0n) is 80.1. The SMILES string of the molecule is C[C@H]1Cn2ncc(I)c2CN1C(=O)OC(C)(C)C.C[C@H]1Cn2ncc(N3CC(c4ccccn4)OC3=O)c2CN1.C[C@H]1Cn2ncc(N3CC(c4ccccn4)OC3=O)c2CN1C(=O)Nc1cc(F)c(F)c(F)c1.C[C@H]1Cn2ncc(N3CC(c4ccccn4)OC3=O)c2CN1C(=O)OC(C)(C)C.Cl.NCC(O)c1ccccn1.O=C(Nc1cc(F)c(F)c(F)c1)Oc1ccccc1.O=C1NCC(c2ccccn2)O1. The summed E-state index contributed by atoms with van der Waals surface area (Å²) < 4.78 is 125. The van der Waals surface area contributed by atoms with E-state index in [0.29, 0.717) is 117 Å². The number of carbonyl (C=O) groups excluding carboxylic acids is 8. The van der Waals surface area contributed by atoms with Gasteiger partial charge in [0.15, 0.2) is 59.3 Å². The molecule has 3 aromatic carbocycles. The molecule has 9 aromatic heterocycles. The Morgan fingerprint density at radius 1 is 0.476 bits per heavy atom. The van der Waals surface area contributed by atoms with Gasteiger partial charge in [0, 0.05) is 80.1 Å². The molecular formula is C97H106ClF6IN24O16. The fraction of sp³-hybridized carbons (Fsp3) is 0.351. The van der Waals surface area contributed by atoms with Gasteiger partial charge < -0.3 is 64.8 Å². The van der Waals surface area contributed by atoms with E-state index in [1.54, 1.807) is 123 Å².